The predicted molar refractivity (Wildman–Crippen MR) is 97.5 cm³/mol. The van der Waals surface area contributed by atoms with Crippen molar-refractivity contribution in [2.45, 2.75) is 43.7 Å². The van der Waals surface area contributed by atoms with Crippen LogP contribution in [-0.2, 0) is 14.9 Å². The molecule has 0 spiro atoms. The molecular weight excluding hydrogens is 318 g/mol. The number of ether oxygens (including phenoxy) is 1. The number of nitrogens with zero attached hydrogens (tertiary/aromatic N) is 1. The van der Waals surface area contributed by atoms with Crippen LogP contribution in [0.15, 0.2) is 30.3 Å². The fraction of sp³-hybridized carbons (Fsp3) is 0.579. The Morgan fingerprint density at radius 2 is 1.92 bits per heavy atom. The van der Waals surface area contributed by atoms with Crippen LogP contribution in [0, 0.1) is 0 Å². The molecule has 0 saturated heterocycles. The molecule has 0 unspecified atom stereocenters. The summed E-state index contributed by atoms with van der Waals surface area (Å²) in [5, 5.41) is 5.86. The minimum Gasteiger partial charge on any atom is -0.468 e. The molecule has 2 rings (SSSR count). The van der Waals surface area contributed by atoms with Gasteiger partial charge in [-0.05, 0) is 45.8 Å². The molecule has 138 valence electrons. The van der Waals surface area contributed by atoms with E-state index in [2.05, 4.69) is 29.6 Å². The summed E-state index contributed by atoms with van der Waals surface area (Å²) in [6.07, 6.45) is 3.01. The number of urea groups is 1. The van der Waals surface area contributed by atoms with E-state index in [-0.39, 0.29) is 24.6 Å². The Balaban J connectivity index is 1.95. The van der Waals surface area contributed by atoms with Gasteiger partial charge >= 0.3 is 12.0 Å². The molecule has 1 aromatic carbocycles. The Labute approximate surface area is 149 Å². The zero-order valence-corrected chi connectivity index (χ0v) is 15.5. The minimum absolute atomic E-state index is 0.175. The van der Waals surface area contributed by atoms with E-state index in [0.29, 0.717) is 6.04 Å². The summed E-state index contributed by atoms with van der Waals surface area (Å²) in [6.45, 7) is 1.96. The lowest BCUT2D eigenvalue weighted by Gasteiger charge is -2.28. The maximum Gasteiger partial charge on any atom is 0.317 e. The molecule has 2 amide bonds. The second-order valence-electron chi connectivity index (χ2n) is 7.14. The van der Waals surface area contributed by atoms with Gasteiger partial charge in [0.15, 0.2) is 0 Å². The van der Waals surface area contributed by atoms with Crippen molar-refractivity contribution >= 4 is 12.0 Å². The van der Waals surface area contributed by atoms with E-state index in [9.17, 15) is 9.59 Å². The fourth-order valence-corrected chi connectivity index (χ4v) is 3.37. The van der Waals surface area contributed by atoms with Gasteiger partial charge in [-0.25, -0.2) is 4.79 Å². The molecule has 1 saturated carbocycles. The van der Waals surface area contributed by atoms with E-state index in [4.69, 9.17) is 4.74 Å². The first-order chi connectivity index (χ1) is 11.9. The molecule has 0 bridgehead atoms. The number of rotatable bonds is 6. The van der Waals surface area contributed by atoms with Crippen LogP contribution in [0.3, 0.4) is 0 Å². The van der Waals surface area contributed by atoms with Crippen molar-refractivity contribution in [3.05, 3.63) is 35.9 Å². The molecule has 6 nitrogen and oxygen atoms in total. The minimum atomic E-state index is -0.921. The Morgan fingerprint density at radius 3 is 2.48 bits per heavy atom. The number of amides is 2. The topological polar surface area (TPSA) is 70.7 Å². The van der Waals surface area contributed by atoms with Gasteiger partial charge in [-0.3, -0.25) is 4.79 Å². The molecule has 1 aromatic rings. The number of esters is 1. The van der Waals surface area contributed by atoms with Crippen molar-refractivity contribution in [2.24, 2.45) is 0 Å². The van der Waals surface area contributed by atoms with E-state index in [1.807, 2.05) is 30.3 Å². The van der Waals surface area contributed by atoms with E-state index >= 15 is 0 Å². The average Bonchev–Trinajstić information content (AvgIpc) is 3.08. The Kier molecular flexibility index (Phi) is 6.42. The van der Waals surface area contributed by atoms with Crippen LogP contribution in [0.1, 0.15) is 31.7 Å². The van der Waals surface area contributed by atoms with E-state index in [0.717, 1.165) is 24.8 Å². The standard InChI is InChI=1S/C19H29N3O3/c1-19(17(23)25-4,14-8-6-5-7-9-14)13-20-18(24)21-15-10-11-16(12-15)22(2)3/h5-9,15-16H,10-13H2,1-4H3,(H2,20,21,24)/t15-,16+,19+/m1/s1. The fourth-order valence-electron chi connectivity index (χ4n) is 3.37. The van der Waals surface area contributed by atoms with Crippen LogP contribution in [0.5, 0.6) is 0 Å². The van der Waals surface area contributed by atoms with Crippen molar-refractivity contribution in [1.29, 1.82) is 0 Å². The van der Waals surface area contributed by atoms with Gasteiger partial charge in [0.05, 0.1) is 7.11 Å². The molecule has 0 aromatic heterocycles. The second kappa shape index (κ2) is 8.34. The number of carbonyl (C=O) groups excluding carboxylic acids is 2. The molecule has 0 heterocycles. The van der Waals surface area contributed by atoms with Gasteiger partial charge < -0.3 is 20.3 Å². The monoisotopic (exact) mass is 347 g/mol. The molecule has 2 N–H and O–H groups in total. The second-order valence-corrected chi connectivity index (χ2v) is 7.14. The van der Waals surface area contributed by atoms with Gasteiger partial charge in [-0.15, -0.1) is 0 Å². The molecule has 3 atom stereocenters. The Hall–Kier alpha value is -2.08. The molecule has 1 aliphatic rings. The maximum atomic E-state index is 12.3. The summed E-state index contributed by atoms with van der Waals surface area (Å²) in [5.41, 5.74) is -0.106. The Morgan fingerprint density at radius 1 is 1.24 bits per heavy atom. The van der Waals surface area contributed by atoms with Crippen LogP contribution in [0.4, 0.5) is 4.79 Å². The van der Waals surface area contributed by atoms with Crippen LogP contribution >= 0.6 is 0 Å². The summed E-state index contributed by atoms with van der Waals surface area (Å²) in [4.78, 5) is 26.8. The highest BCUT2D eigenvalue weighted by atomic mass is 16.5. The summed E-state index contributed by atoms with van der Waals surface area (Å²) >= 11 is 0. The smallest absolute Gasteiger partial charge is 0.317 e. The van der Waals surface area contributed by atoms with E-state index in [1.165, 1.54) is 7.11 Å². The van der Waals surface area contributed by atoms with Gasteiger partial charge in [0.1, 0.15) is 5.41 Å². The molecule has 0 aliphatic heterocycles. The number of benzene rings is 1. The first-order valence-electron chi connectivity index (χ1n) is 8.71. The largest absolute Gasteiger partial charge is 0.468 e. The van der Waals surface area contributed by atoms with Gasteiger partial charge in [-0.2, -0.15) is 0 Å². The van der Waals surface area contributed by atoms with Crippen molar-refractivity contribution in [3.8, 4) is 0 Å². The summed E-state index contributed by atoms with van der Waals surface area (Å²) in [6, 6.07) is 9.82. The molecule has 1 fully saturated rings. The number of methoxy groups -OCH3 is 1. The maximum absolute atomic E-state index is 12.3. The van der Waals surface area contributed by atoms with Gasteiger partial charge in [0.2, 0.25) is 0 Å². The zero-order chi connectivity index (χ0) is 18.4. The Bertz CT molecular complexity index is 591. The summed E-state index contributed by atoms with van der Waals surface area (Å²) in [7, 11) is 5.49. The SMILES string of the molecule is COC(=O)[C@@](C)(CNC(=O)N[C@@H]1CC[C@H](N(C)C)C1)c1ccccc1. The third-order valence-electron chi connectivity index (χ3n) is 5.12. The molecule has 25 heavy (non-hydrogen) atoms. The first kappa shape index (κ1) is 19.2. The van der Waals surface area contributed by atoms with Crippen molar-refractivity contribution in [1.82, 2.24) is 15.5 Å². The van der Waals surface area contributed by atoms with Gasteiger partial charge in [0, 0.05) is 18.6 Å². The lowest BCUT2D eigenvalue weighted by atomic mass is 9.82. The van der Waals surface area contributed by atoms with Gasteiger partial charge in [-0.1, -0.05) is 30.3 Å². The lowest BCUT2D eigenvalue weighted by Crippen LogP contribution is -2.49. The average molecular weight is 347 g/mol. The van der Waals surface area contributed by atoms with Crippen LogP contribution in [-0.4, -0.2) is 56.7 Å². The molecule has 1 aliphatic carbocycles. The zero-order valence-electron chi connectivity index (χ0n) is 15.5. The number of carbonyl (C=O) groups is 2. The highest BCUT2D eigenvalue weighted by Gasteiger charge is 2.37. The van der Waals surface area contributed by atoms with E-state index in [1.54, 1.807) is 6.92 Å². The van der Waals surface area contributed by atoms with Crippen molar-refractivity contribution < 1.29 is 14.3 Å². The van der Waals surface area contributed by atoms with Gasteiger partial charge in [0.25, 0.3) is 0 Å². The molecule has 0 radical (unpaired) electrons. The number of nitrogens with one attached hydrogen (secondary N) is 2. The quantitative estimate of drug-likeness (QED) is 0.771. The van der Waals surface area contributed by atoms with Crippen LogP contribution < -0.4 is 10.6 Å². The van der Waals surface area contributed by atoms with Crippen molar-refractivity contribution in [3.63, 3.8) is 0 Å². The van der Waals surface area contributed by atoms with Crippen LogP contribution in [0.25, 0.3) is 0 Å². The van der Waals surface area contributed by atoms with Crippen molar-refractivity contribution in [2.75, 3.05) is 27.7 Å². The molecular formula is C19H29N3O3. The predicted octanol–water partition coefficient (Wildman–Crippen LogP) is 1.90. The summed E-state index contributed by atoms with van der Waals surface area (Å²) < 4.78 is 4.96. The lowest BCUT2D eigenvalue weighted by molar-refractivity contribution is -0.146. The molecule has 6 heteroatoms. The summed E-state index contributed by atoms with van der Waals surface area (Å²) in [5.74, 6) is -0.368. The number of hydrogen-bond donors (Lipinski definition) is 2. The normalized spacial score (nSPS) is 22.3. The highest BCUT2D eigenvalue weighted by molar-refractivity contribution is 5.84. The third kappa shape index (κ3) is 4.72. The highest BCUT2D eigenvalue weighted by Crippen LogP contribution is 2.25. The van der Waals surface area contributed by atoms with E-state index < -0.39 is 5.41 Å². The third-order valence-corrected chi connectivity index (χ3v) is 5.12. The number of hydrogen-bond acceptors (Lipinski definition) is 4. The first-order valence-corrected chi connectivity index (χ1v) is 8.71. The van der Waals surface area contributed by atoms with Crippen LogP contribution in [0.2, 0.25) is 0 Å².